The van der Waals surface area contributed by atoms with E-state index in [-0.39, 0.29) is 11.2 Å². The average molecular weight is 321 g/mol. The summed E-state index contributed by atoms with van der Waals surface area (Å²) in [5, 5.41) is 5.43. The topological polar surface area (TPSA) is 49.2 Å². The molecule has 0 unspecified atom stereocenters. The van der Waals surface area contributed by atoms with Gasteiger partial charge in [0.2, 0.25) is 0 Å². The molecule has 0 atom stereocenters. The number of pyridine rings is 1. The first-order valence-electron chi connectivity index (χ1n) is 8.12. The van der Waals surface area contributed by atoms with Crippen LogP contribution >= 0.6 is 0 Å². The molecular weight excluding hydrogens is 301 g/mol. The second kappa shape index (κ2) is 5.16. The predicted molar refractivity (Wildman–Crippen MR) is 94.6 cm³/mol. The van der Waals surface area contributed by atoms with Gasteiger partial charge in [-0.05, 0) is 45.9 Å². The molecule has 1 aromatic carbocycles. The van der Waals surface area contributed by atoms with Crippen molar-refractivity contribution in [3.05, 3.63) is 48.8 Å². The summed E-state index contributed by atoms with van der Waals surface area (Å²) in [6.07, 6.45) is 3.63. The van der Waals surface area contributed by atoms with Crippen molar-refractivity contribution < 1.29 is 9.31 Å². The van der Waals surface area contributed by atoms with E-state index in [1.54, 1.807) is 0 Å². The number of fused-ring (bicyclic) bond motifs is 1. The Balaban J connectivity index is 1.71. The number of para-hydroxylation sites is 1. The Kier molecular flexibility index (Phi) is 3.30. The second-order valence-electron chi connectivity index (χ2n) is 7.16. The third kappa shape index (κ3) is 2.34. The van der Waals surface area contributed by atoms with E-state index in [1.165, 1.54) is 0 Å². The van der Waals surface area contributed by atoms with Gasteiger partial charge in [0.25, 0.3) is 0 Å². The van der Waals surface area contributed by atoms with Crippen LogP contribution < -0.4 is 5.46 Å². The largest absolute Gasteiger partial charge is 0.496 e. The summed E-state index contributed by atoms with van der Waals surface area (Å²) in [4.78, 5) is 4.60. The molecule has 0 amide bonds. The van der Waals surface area contributed by atoms with E-state index in [0.717, 1.165) is 22.2 Å². The minimum atomic E-state index is -0.410. The lowest BCUT2D eigenvalue weighted by molar-refractivity contribution is 0.00578. The zero-order chi connectivity index (χ0) is 16.9. The van der Waals surface area contributed by atoms with E-state index in [4.69, 9.17) is 9.31 Å². The molecular formula is C18H20BN3O2. The fourth-order valence-corrected chi connectivity index (χ4v) is 2.80. The average Bonchev–Trinajstić information content (AvgIpc) is 3.06. The van der Waals surface area contributed by atoms with Crippen molar-refractivity contribution in [3.63, 3.8) is 0 Å². The Morgan fingerprint density at radius 3 is 2.29 bits per heavy atom. The molecule has 5 nitrogen and oxygen atoms in total. The highest BCUT2D eigenvalue weighted by Crippen LogP contribution is 2.36. The molecule has 1 aliphatic rings. The van der Waals surface area contributed by atoms with Gasteiger partial charge in [-0.25, -0.2) is 9.67 Å². The summed E-state index contributed by atoms with van der Waals surface area (Å²) in [5.41, 5.74) is 2.00. The van der Waals surface area contributed by atoms with Crippen molar-refractivity contribution in [1.82, 2.24) is 14.8 Å². The summed E-state index contributed by atoms with van der Waals surface area (Å²) < 4.78 is 14.0. The van der Waals surface area contributed by atoms with Crippen LogP contribution in [0.3, 0.4) is 0 Å². The van der Waals surface area contributed by atoms with E-state index < -0.39 is 7.12 Å². The quantitative estimate of drug-likeness (QED) is 0.681. The Bertz CT molecular complexity index is 874. The highest BCUT2D eigenvalue weighted by molar-refractivity contribution is 6.62. The molecule has 3 heterocycles. The molecule has 122 valence electrons. The van der Waals surface area contributed by atoms with Crippen LogP contribution in [0.25, 0.3) is 16.7 Å². The maximum atomic E-state index is 6.10. The predicted octanol–water partition coefficient (Wildman–Crippen LogP) is 2.72. The first kappa shape index (κ1) is 15.4. The molecule has 0 radical (unpaired) electrons. The molecule has 24 heavy (non-hydrogen) atoms. The third-order valence-electron chi connectivity index (χ3n) is 4.96. The van der Waals surface area contributed by atoms with Gasteiger partial charge in [0.1, 0.15) is 0 Å². The summed E-state index contributed by atoms with van der Waals surface area (Å²) in [6.45, 7) is 8.19. The highest BCUT2D eigenvalue weighted by atomic mass is 16.7. The second-order valence-corrected chi connectivity index (χ2v) is 7.16. The summed E-state index contributed by atoms with van der Waals surface area (Å²) >= 11 is 0. The normalized spacial score (nSPS) is 19.1. The molecule has 2 aromatic heterocycles. The molecule has 0 bridgehead atoms. The number of nitrogens with zero attached hydrogens (tertiary/aromatic N) is 3. The SMILES string of the molecule is CC1(C)OB(c2cnc3c(cnn3-c3ccccc3)c2)OC1(C)C. The summed E-state index contributed by atoms with van der Waals surface area (Å²) in [7, 11) is -0.410. The van der Waals surface area contributed by atoms with Crippen molar-refractivity contribution in [3.8, 4) is 5.69 Å². The fraction of sp³-hybridized carbons (Fsp3) is 0.333. The Morgan fingerprint density at radius 1 is 0.958 bits per heavy atom. The van der Waals surface area contributed by atoms with Gasteiger partial charge >= 0.3 is 7.12 Å². The molecule has 0 aliphatic carbocycles. The number of hydrogen-bond acceptors (Lipinski definition) is 4. The molecule has 1 aliphatic heterocycles. The Morgan fingerprint density at radius 2 is 1.62 bits per heavy atom. The van der Waals surface area contributed by atoms with Crippen LogP contribution in [-0.2, 0) is 9.31 Å². The van der Waals surface area contributed by atoms with Gasteiger partial charge in [-0.1, -0.05) is 18.2 Å². The zero-order valence-corrected chi connectivity index (χ0v) is 14.4. The van der Waals surface area contributed by atoms with E-state index in [0.29, 0.717) is 0 Å². The Hall–Kier alpha value is -2.18. The standard InChI is InChI=1S/C18H20BN3O2/c1-17(2)18(3,4)24-19(23-17)14-10-13-11-21-22(16(13)20-12-14)15-8-6-5-7-9-15/h5-12H,1-4H3. The number of aromatic nitrogens is 3. The molecule has 1 fully saturated rings. The van der Waals surface area contributed by atoms with Crippen LogP contribution in [0.5, 0.6) is 0 Å². The number of benzene rings is 1. The van der Waals surface area contributed by atoms with E-state index in [9.17, 15) is 0 Å². The van der Waals surface area contributed by atoms with Crippen molar-refractivity contribution in [1.29, 1.82) is 0 Å². The molecule has 3 aromatic rings. The van der Waals surface area contributed by atoms with Crippen LogP contribution in [0, 0.1) is 0 Å². The maximum Gasteiger partial charge on any atom is 0.496 e. The van der Waals surface area contributed by atoms with Crippen LogP contribution in [0.4, 0.5) is 0 Å². The summed E-state index contributed by atoms with van der Waals surface area (Å²) in [6, 6.07) is 12.0. The Labute approximate surface area is 141 Å². The number of hydrogen-bond donors (Lipinski definition) is 0. The van der Waals surface area contributed by atoms with Crippen molar-refractivity contribution in [2.75, 3.05) is 0 Å². The third-order valence-corrected chi connectivity index (χ3v) is 4.96. The van der Waals surface area contributed by atoms with E-state index in [2.05, 4.69) is 10.1 Å². The zero-order valence-electron chi connectivity index (χ0n) is 14.4. The minimum Gasteiger partial charge on any atom is -0.399 e. The smallest absolute Gasteiger partial charge is 0.399 e. The molecule has 0 N–H and O–H groups in total. The lowest BCUT2D eigenvalue weighted by Crippen LogP contribution is -2.41. The van der Waals surface area contributed by atoms with Crippen LogP contribution in [0.15, 0.2) is 48.8 Å². The molecule has 0 spiro atoms. The van der Waals surface area contributed by atoms with Crippen LogP contribution in [0.2, 0.25) is 0 Å². The van der Waals surface area contributed by atoms with Gasteiger partial charge in [-0.3, -0.25) is 0 Å². The van der Waals surface area contributed by atoms with Crippen LogP contribution in [-0.4, -0.2) is 33.1 Å². The van der Waals surface area contributed by atoms with Crippen molar-refractivity contribution >= 4 is 23.6 Å². The van der Waals surface area contributed by atoms with Gasteiger partial charge in [-0.2, -0.15) is 5.10 Å². The van der Waals surface area contributed by atoms with Gasteiger partial charge in [-0.15, -0.1) is 0 Å². The van der Waals surface area contributed by atoms with Gasteiger partial charge in [0, 0.05) is 17.0 Å². The lowest BCUT2D eigenvalue weighted by atomic mass is 9.80. The van der Waals surface area contributed by atoms with Crippen LogP contribution in [0.1, 0.15) is 27.7 Å². The fourth-order valence-electron chi connectivity index (χ4n) is 2.80. The van der Waals surface area contributed by atoms with Gasteiger partial charge in [0.15, 0.2) is 5.65 Å². The van der Waals surface area contributed by atoms with E-state index >= 15 is 0 Å². The minimum absolute atomic E-state index is 0.360. The number of rotatable bonds is 2. The first-order valence-corrected chi connectivity index (χ1v) is 8.12. The van der Waals surface area contributed by atoms with Crippen molar-refractivity contribution in [2.24, 2.45) is 0 Å². The molecule has 6 heteroatoms. The van der Waals surface area contributed by atoms with Gasteiger partial charge in [0.05, 0.1) is 23.1 Å². The molecule has 1 saturated heterocycles. The van der Waals surface area contributed by atoms with E-state index in [1.807, 2.05) is 81.2 Å². The lowest BCUT2D eigenvalue weighted by Gasteiger charge is -2.32. The summed E-state index contributed by atoms with van der Waals surface area (Å²) in [5.74, 6) is 0. The maximum absolute atomic E-state index is 6.10. The van der Waals surface area contributed by atoms with Gasteiger partial charge < -0.3 is 9.31 Å². The monoisotopic (exact) mass is 321 g/mol. The molecule has 4 rings (SSSR count). The highest BCUT2D eigenvalue weighted by Gasteiger charge is 2.51. The van der Waals surface area contributed by atoms with Crippen molar-refractivity contribution in [2.45, 2.75) is 38.9 Å². The first-order chi connectivity index (χ1) is 11.4. The molecule has 0 saturated carbocycles.